The minimum absolute atomic E-state index is 0.246. The Hall–Kier alpha value is -3.39. The Bertz CT molecular complexity index is 1280. The summed E-state index contributed by atoms with van der Waals surface area (Å²) in [4.78, 5) is 28.2. The first-order valence-corrected chi connectivity index (χ1v) is 13.0. The number of benzene rings is 2. The van der Waals surface area contributed by atoms with Crippen LogP contribution in [0, 0.1) is 20.8 Å². The Labute approximate surface area is 201 Å². The van der Waals surface area contributed by atoms with Gasteiger partial charge in [-0.05, 0) is 61.9 Å². The molecule has 1 aliphatic rings. The zero-order valence-corrected chi connectivity index (χ0v) is 21.0. The van der Waals surface area contributed by atoms with E-state index in [9.17, 15) is 18.0 Å². The van der Waals surface area contributed by atoms with Crippen molar-refractivity contribution < 1.29 is 18.0 Å². The van der Waals surface area contributed by atoms with Crippen LogP contribution in [0.3, 0.4) is 0 Å². The number of fused-ring (bicyclic) bond motifs is 1. The highest BCUT2D eigenvalue weighted by Crippen LogP contribution is 2.35. The molecule has 1 unspecified atom stereocenters. The number of amides is 2. The summed E-state index contributed by atoms with van der Waals surface area (Å²) < 4.78 is 26.3. The van der Waals surface area contributed by atoms with Crippen molar-refractivity contribution in [1.82, 2.24) is 4.90 Å². The molecule has 0 aromatic heterocycles. The van der Waals surface area contributed by atoms with Gasteiger partial charge in [-0.1, -0.05) is 48.6 Å². The van der Waals surface area contributed by atoms with Crippen molar-refractivity contribution in [3.63, 3.8) is 0 Å². The van der Waals surface area contributed by atoms with Gasteiger partial charge < -0.3 is 10.2 Å². The number of aryl methyl sites for hydroxylation is 2. The number of allylic oxidation sites excluding steroid dienone is 3. The molecule has 180 valence electrons. The van der Waals surface area contributed by atoms with Gasteiger partial charge >= 0.3 is 0 Å². The van der Waals surface area contributed by atoms with E-state index in [2.05, 4.69) is 10.0 Å². The highest BCUT2D eigenvalue weighted by molar-refractivity contribution is 7.92. The Balaban J connectivity index is 2.02. The average Bonchev–Trinajstić information content (AvgIpc) is 2.78. The lowest BCUT2D eigenvalue weighted by Crippen LogP contribution is -2.44. The topological polar surface area (TPSA) is 95.6 Å². The molecule has 0 fully saturated rings. The van der Waals surface area contributed by atoms with E-state index in [4.69, 9.17) is 0 Å². The van der Waals surface area contributed by atoms with Gasteiger partial charge in [-0.15, -0.1) is 0 Å². The summed E-state index contributed by atoms with van der Waals surface area (Å²) in [6.45, 7) is 7.72. The van der Waals surface area contributed by atoms with Crippen molar-refractivity contribution in [1.29, 1.82) is 0 Å². The highest BCUT2D eigenvalue weighted by Gasteiger charge is 2.35. The monoisotopic (exact) mass is 481 g/mol. The average molecular weight is 482 g/mol. The Morgan fingerprint density at radius 3 is 2.41 bits per heavy atom. The largest absolute Gasteiger partial charge is 0.323 e. The van der Waals surface area contributed by atoms with E-state index in [1.807, 2.05) is 57.2 Å². The van der Waals surface area contributed by atoms with Crippen molar-refractivity contribution in [3.05, 3.63) is 82.5 Å². The predicted molar refractivity (Wildman–Crippen MR) is 136 cm³/mol. The summed E-state index contributed by atoms with van der Waals surface area (Å²) in [6, 6.07) is 8.66. The van der Waals surface area contributed by atoms with Crippen LogP contribution in [-0.4, -0.2) is 37.9 Å². The first-order valence-electron chi connectivity index (χ1n) is 11.1. The van der Waals surface area contributed by atoms with Gasteiger partial charge in [0.05, 0.1) is 11.9 Å². The summed E-state index contributed by atoms with van der Waals surface area (Å²) >= 11 is 0. The second-order valence-corrected chi connectivity index (χ2v) is 10.3. The van der Waals surface area contributed by atoms with Gasteiger partial charge in [0.25, 0.3) is 5.91 Å². The van der Waals surface area contributed by atoms with Gasteiger partial charge in [-0.25, -0.2) is 8.42 Å². The van der Waals surface area contributed by atoms with E-state index >= 15 is 0 Å². The molecule has 7 nitrogen and oxygen atoms in total. The van der Waals surface area contributed by atoms with Crippen molar-refractivity contribution in [3.8, 4) is 0 Å². The number of carbonyl (C=O) groups excluding carboxylic acids is 2. The maximum atomic E-state index is 13.7. The number of rotatable bonds is 6. The molecule has 0 bridgehead atoms. The molecule has 34 heavy (non-hydrogen) atoms. The molecule has 0 saturated heterocycles. The van der Waals surface area contributed by atoms with Gasteiger partial charge in [0.1, 0.15) is 6.04 Å². The smallest absolute Gasteiger partial charge is 0.251 e. The van der Waals surface area contributed by atoms with Crippen molar-refractivity contribution in [2.24, 2.45) is 0 Å². The minimum atomic E-state index is -3.50. The van der Waals surface area contributed by atoms with Crippen LogP contribution < -0.4 is 10.0 Å². The summed E-state index contributed by atoms with van der Waals surface area (Å²) in [7, 11) is -3.50. The third-order valence-electron chi connectivity index (χ3n) is 5.86. The van der Waals surface area contributed by atoms with Crippen LogP contribution in [-0.2, 0) is 26.0 Å². The first-order chi connectivity index (χ1) is 16.0. The molecular weight excluding hydrogens is 450 g/mol. The molecule has 2 aromatic carbocycles. The number of hydrogen-bond acceptors (Lipinski definition) is 4. The van der Waals surface area contributed by atoms with Gasteiger partial charge in [-0.2, -0.15) is 0 Å². The zero-order valence-electron chi connectivity index (χ0n) is 20.2. The van der Waals surface area contributed by atoms with Crippen LogP contribution in [0.4, 0.5) is 11.4 Å². The second-order valence-electron chi connectivity index (χ2n) is 8.52. The number of nitrogens with zero attached hydrogens (tertiary/aromatic N) is 1. The fraction of sp³-hybridized carbons (Fsp3) is 0.308. The Morgan fingerprint density at radius 1 is 1.06 bits per heavy atom. The van der Waals surface area contributed by atoms with Crippen molar-refractivity contribution in [2.75, 3.05) is 22.8 Å². The Kier molecular flexibility index (Phi) is 7.61. The van der Waals surface area contributed by atoms with Crippen LogP contribution in [0.1, 0.15) is 40.8 Å². The molecule has 1 aliphatic heterocycles. The highest BCUT2D eigenvalue weighted by atomic mass is 32.2. The van der Waals surface area contributed by atoms with Crippen molar-refractivity contribution in [2.45, 2.75) is 40.2 Å². The maximum Gasteiger partial charge on any atom is 0.251 e. The van der Waals surface area contributed by atoms with Gasteiger partial charge in [0, 0.05) is 18.3 Å². The molecule has 2 aromatic rings. The van der Waals surface area contributed by atoms with Crippen LogP contribution in [0.5, 0.6) is 0 Å². The van der Waals surface area contributed by atoms with E-state index < -0.39 is 16.1 Å². The summed E-state index contributed by atoms with van der Waals surface area (Å²) in [5.74, 6) is -0.593. The fourth-order valence-corrected chi connectivity index (χ4v) is 5.03. The third kappa shape index (κ3) is 5.56. The van der Waals surface area contributed by atoms with Crippen LogP contribution in [0.2, 0.25) is 0 Å². The number of carbonyl (C=O) groups is 2. The number of hydrogen-bond donors (Lipinski definition) is 2. The number of nitrogens with one attached hydrogen (secondary N) is 2. The third-order valence-corrected chi connectivity index (χ3v) is 6.44. The van der Waals surface area contributed by atoms with E-state index in [1.165, 1.54) is 6.08 Å². The van der Waals surface area contributed by atoms with Gasteiger partial charge in [-0.3, -0.25) is 14.3 Å². The standard InChI is InChI=1S/C26H31N3O4S/c1-6-7-8-13-22(30)29-15-14-20-11-9-10-12-21(20)25(29)26(31)27-23-17(2)16-18(3)24(19(23)4)28-34(5,32)33/h6-13,16,25,28H,14-15H2,1-5H3,(H,27,31). The second kappa shape index (κ2) is 10.3. The number of anilines is 2. The normalized spacial score (nSPS) is 16.0. The molecule has 0 saturated carbocycles. The van der Waals surface area contributed by atoms with E-state index in [0.717, 1.165) is 28.5 Å². The molecular formula is C26H31N3O4S. The quantitative estimate of drug-likeness (QED) is 0.478. The van der Waals surface area contributed by atoms with Crippen molar-refractivity contribution >= 4 is 33.2 Å². The molecule has 0 radical (unpaired) electrons. The predicted octanol–water partition coefficient (Wildman–Crippen LogP) is 4.18. The SMILES string of the molecule is CC=CC=CC(=O)N1CCc2ccccc2C1C(=O)Nc1c(C)cc(C)c(NS(C)(=O)=O)c1C. The van der Waals surface area contributed by atoms with Crippen LogP contribution >= 0.6 is 0 Å². The van der Waals surface area contributed by atoms with E-state index in [1.54, 1.807) is 24.0 Å². The molecule has 1 atom stereocenters. The fourth-order valence-electron chi connectivity index (χ4n) is 4.34. The molecule has 1 heterocycles. The van der Waals surface area contributed by atoms with Gasteiger partial charge in [0.15, 0.2) is 0 Å². The lowest BCUT2D eigenvalue weighted by molar-refractivity contribution is -0.135. The lowest BCUT2D eigenvalue weighted by atomic mass is 9.91. The molecule has 8 heteroatoms. The molecule has 3 rings (SSSR count). The van der Waals surface area contributed by atoms with Crippen LogP contribution in [0.25, 0.3) is 0 Å². The minimum Gasteiger partial charge on any atom is -0.323 e. The summed E-state index contributed by atoms with van der Waals surface area (Å²) in [6.07, 6.45) is 8.46. The first kappa shape index (κ1) is 25.2. The number of sulfonamides is 1. The van der Waals surface area contributed by atoms with Crippen LogP contribution in [0.15, 0.2) is 54.6 Å². The Morgan fingerprint density at radius 2 is 1.74 bits per heavy atom. The maximum absolute atomic E-state index is 13.7. The molecule has 0 aliphatic carbocycles. The molecule has 2 amide bonds. The van der Waals surface area contributed by atoms with E-state index in [0.29, 0.717) is 29.9 Å². The zero-order chi connectivity index (χ0) is 25.0. The van der Waals surface area contributed by atoms with E-state index in [-0.39, 0.29) is 11.8 Å². The summed E-state index contributed by atoms with van der Waals surface area (Å²) in [5.41, 5.74) is 4.96. The molecule has 2 N–H and O–H groups in total. The lowest BCUT2D eigenvalue weighted by Gasteiger charge is -2.36. The van der Waals surface area contributed by atoms with Gasteiger partial charge in [0.2, 0.25) is 15.9 Å². The summed E-state index contributed by atoms with van der Waals surface area (Å²) in [5, 5.41) is 2.99. The molecule has 0 spiro atoms.